The van der Waals surface area contributed by atoms with Crippen molar-refractivity contribution in [1.29, 1.82) is 0 Å². The van der Waals surface area contributed by atoms with Gasteiger partial charge in [-0.05, 0) is 35.4 Å². The molecule has 2 aromatic rings. The molecule has 0 aliphatic carbocycles. The van der Waals surface area contributed by atoms with E-state index in [4.69, 9.17) is 28.9 Å². The number of halogens is 2. The van der Waals surface area contributed by atoms with Gasteiger partial charge in [0.15, 0.2) is 0 Å². The summed E-state index contributed by atoms with van der Waals surface area (Å²) >= 11 is 11.9. The Morgan fingerprint density at radius 3 is 2.60 bits per heavy atom. The fourth-order valence-corrected chi connectivity index (χ4v) is 2.32. The summed E-state index contributed by atoms with van der Waals surface area (Å²) in [4.78, 5) is 11.1. The third-order valence-electron chi connectivity index (χ3n) is 2.87. The molecule has 0 fully saturated rings. The number of amides is 1. The molecule has 0 spiro atoms. The molecule has 104 valence electrons. The van der Waals surface area contributed by atoms with E-state index in [-0.39, 0.29) is 0 Å². The highest BCUT2D eigenvalue weighted by atomic mass is 35.5. The van der Waals surface area contributed by atoms with Gasteiger partial charge in [0.05, 0.1) is 0 Å². The predicted octanol–water partition coefficient (Wildman–Crippen LogP) is 3.38. The third-order valence-corrected chi connectivity index (χ3v) is 3.46. The SMILES string of the molecule is NC(=O)c1cccc(CNCc2ccc(Cl)cc2Cl)c1. The van der Waals surface area contributed by atoms with Gasteiger partial charge in [-0.25, -0.2) is 0 Å². The molecule has 5 heteroatoms. The van der Waals surface area contributed by atoms with Crippen molar-refractivity contribution >= 4 is 29.1 Å². The second-order valence-electron chi connectivity index (χ2n) is 4.40. The fraction of sp³-hybridized carbons (Fsp3) is 0.133. The van der Waals surface area contributed by atoms with Crippen LogP contribution in [0, 0.1) is 0 Å². The molecule has 2 aromatic carbocycles. The van der Waals surface area contributed by atoms with Gasteiger partial charge >= 0.3 is 0 Å². The van der Waals surface area contributed by atoms with E-state index in [0.29, 0.717) is 28.7 Å². The van der Waals surface area contributed by atoms with Crippen LogP contribution in [-0.2, 0) is 13.1 Å². The molecule has 0 radical (unpaired) electrons. The summed E-state index contributed by atoms with van der Waals surface area (Å²) in [7, 11) is 0. The summed E-state index contributed by atoms with van der Waals surface area (Å²) < 4.78 is 0. The first kappa shape index (κ1) is 14.9. The largest absolute Gasteiger partial charge is 0.366 e. The van der Waals surface area contributed by atoms with Gasteiger partial charge in [0.2, 0.25) is 5.91 Å². The Hall–Kier alpha value is -1.55. The molecule has 0 saturated carbocycles. The highest BCUT2D eigenvalue weighted by Gasteiger charge is 2.03. The van der Waals surface area contributed by atoms with Crippen molar-refractivity contribution in [3.63, 3.8) is 0 Å². The molecule has 3 nitrogen and oxygen atoms in total. The van der Waals surface area contributed by atoms with Crippen LogP contribution < -0.4 is 11.1 Å². The van der Waals surface area contributed by atoms with Crippen LogP contribution in [0.4, 0.5) is 0 Å². The molecule has 20 heavy (non-hydrogen) atoms. The molecule has 0 bridgehead atoms. The zero-order valence-electron chi connectivity index (χ0n) is 10.7. The minimum atomic E-state index is -0.424. The number of rotatable bonds is 5. The van der Waals surface area contributed by atoms with Crippen molar-refractivity contribution in [2.24, 2.45) is 5.73 Å². The average Bonchev–Trinajstić information content (AvgIpc) is 2.41. The quantitative estimate of drug-likeness (QED) is 0.889. The number of primary amides is 1. The lowest BCUT2D eigenvalue weighted by molar-refractivity contribution is 0.1000. The summed E-state index contributed by atoms with van der Waals surface area (Å²) in [6.45, 7) is 1.25. The molecule has 0 heterocycles. The van der Waals surface area contributed by atoms with E-state index in [2.05, 4.69) is 5.32 Å². The zero-order valence-corrected chi connectivity index (χ0v) is 12.2. The first-order valence-electron chi connectivity index (χ1n) is 6.09. The molecule has 0 unspecified atom stereocenters. The second kappa shape index (κ2) is 6.75. The van der Waals surface area contributed by atoms with E-state index < -0.39 is 5.91 Å². The van der Waals surface area contributed by atoms with Crippen LogP contribution in [0.5, 0.6) is 0 Å². The van der Waals surface area contributed by atoms with Crippen LogP contribution >= 0.6 is 23.2 Å². The van der Waals surface area contributed by atoms with E-state index in [9.17, 15) is 4.79 Å². The van der Waals surface area contributed by atoms with Crippen molar-refractivity contribution in [3.8, 4) is 0 Å². The van der Waals surface area contributed by atoms with Gasteiger partial charge in [-0.3, -0.25) is 4.79 Å². The van der Waals surface area contributed by atoms with Crippen LogP contribution in [-0.4, -0.2) is 5.91 Å². The van der Waals surface area contributed by atoms with Gasteiger partial charge < -0.3 is 11.1 Å². The van der Waals surface area contributed by atoms with Gasteiger partial charge in [0.1, 0.15) is 0 Å². The molecule has 0 atom stereocenters. The summed E-state index contributed by atoms with van der Waals surface area (Å²) in [6.07, 6.45) is 0. The van der Waals surface area contributed by atoms with Gasteiger partial charge in [-0.15, -0.1) is 0 Å². The van der Waals surface area contributed by atoms with E-state index in [1.54, 1.807) is 24.3 Å². The summed E-state index contributed by atoms with van der Waals surface area (Å²) in [5.41, 5.74) is 7.72. The topological polar surface area (TPSA) is 55.1 Å². The normalized spacial score (nSPS) is 10.5. The highest BCUT2D eigenvalue weighted by molar-refractivity contribution is 6.35. The molecule has 0 aliphatic rings. The Balaban J connectivity index is 1.96. The van der Waals surface area contributed by atoms with Crippen molar-refractivity contribution in [2.45, 2.75) is 13.1 Å². The molecule has 3 N–H and O–H groups in total. The Morgan fingerprint density at radius 1 is 1.10 bits per heavy atom. The third kappa shape index (κ3) is 3.97. The average molecular weight is 309 g/mol. The lowest BCUT2D eigenvalue weighted by Crippen LogP contribution is -2.15. The molecule has 0 aromatic heterocycles. The maximum absolute atomic E-state index is 11.1. The maximum Gasteiger partial charge on any atom is 0.248 e. The van der Waals surface area contributed by atoms with Crippen molar-refractivity contribution in [2.75, 3.05) is 0 Å². The van der Waals surface area contributed by atoms with Crippen molar-refractivity contribution in [1.82, 2.24) is 5.32 Å². The van der Waals surface area contributed by atoms with Crippen LogP contribution in [0.25, 0.3) is 0 Å². The second-order valence-corrected chi connectivity index (χ2v) is 5.25. The Labute approximate surface area is 127 Å². The van der Waals surface area contributed by atoms with Crippen LogP contribution in [0.2, 0.25) is 10.0 Å². The minimum Gasteiger partial charge on any atom is -0.366 e. The first-order valence-corrected chi connectivity index (χ1v) is 6.85. The summed E-state index contributed by atoms with van der Waals surface area (Å²) in [5, 5.41) is 4.52. The van der Waals surface area contributed by atoms with Crippen molar-refractivity contribution < 1.29 is 4.79 Å². The predicted molar refractivity (Wildman–Crippen MR) is 82.0 cm³/mol. The maximum atomic E-state index is 11.1. The van der Waals surface area contributed by atoms with E-state index in [0.717, 1.165) is 11.1 Å². The number of benzene rings is 2. The van der Waals surface area contributed by atoms with E-state index >= 15 is 0 Å². The van der Waals surface area contributed by atoms with Crippen LogP contribution in [0.3, 0.4) is 0 Å². The van der Waals surface area contributed by atoms with E-state index in [1.165, 1.54) is 0 Å². The standard InChI is InChI=1S/C15H14Cl2N2O/c16-13-5-4-12(14(17)7-13)9-19-8-10-2-1-3-11(6-10)15(18)20/h1-7,19H,8-9H2,(H2,18,20). The number of nitrogens with two attached hydrogens (primary N) is 1. The minimum absolute atomic E-state index is 0.424. The monoisotopic (exact) mass is 308 g/mol. The zero-order chi connectivity index (χ0) is 14.5. The number of carbonyl (C=O) groups is 1. The molecule has 1 amide bonds. The molecule has 0 aliphatic heterocycles. The number of carbonyl (C=O) groups excluding carboxylic acids is 1. The lowest BCUT2D eigenvalue weighted by atomic mass is 10.1. The Kier molecular flexibility index (Phi) is 5.01. The Bertz CT molecular complexity index is 629. The van der Waals surface area contributed by atoms with Gasteiger partial charge in [-0.1, -0.05) is 41.4 Å². The molecular formula is C15H14Cl2N2O. The summed E-state index contributed by atoms with van der Waals surface area (Å²) in [6, 6.07) is 12.6. The van der Waals surface area contributed by atoms with E-state index in [1.807, 2.05) is 18.2 Å². The number of hydrogen-bond donors (Lipinski definition) is 2. The smallest absolute Gasteiger partial charge is 0.248 e. The highest BCUT2D eigenvalue weighted by Crippen LogP contribution is 2.20. The molecular weight excluding hydrogens is 295 g/mol. The van der Waals surface area contributed by atoms with Gasteiger partial charge in [0.25, 0.3) is 0 Å². The van der Waals surface area contributed by atoms with Gasteiger partial charge in [0, 0.05) is 28.7 Å². The Morgan fingerprint density at radius 2 is 1.90 bits per heavy atom. The first-order chi connectivity index (χ1) is 9.56. The van der Waals surface area contributed by atoms with Gasteiger partial charge in [-0.2, -0.15) is 0 Å². The number of nitrogens with one attached hydrogen (secondary N) is 1. The van der Waals surface area contributed by atoms with Crippen LogP contribution in [0.1, 0.15) is 21.5 Å². The summed E-state index contributed by atoms with van der Waals surface area (Å²) in [5.74, 6) is -0.424. The number of hydrogen-bond acceptors (Lipinski definition) is 2. The molecule has 2 rings (SSSR count). The lowest BCUT2D eigenvalue weighted by Gasteiger charge is -2.08. The fourth-order valence-electron chi connectivity index (χ4n) is 1.84. The molecule has 0 saturated heterocycles. The van der Waals surface area contributed by atoms with Crippen molar-refractivity contribution in [3.05, 3.63) is 69.2 Å². The van der Waals surface area contributed by atoms with Crippen LogP contribution in [0.15, 0.2) is 42.5 Å².